The van der Waals surface area contributed by atoms with Gasteiger partial charge in [0.05, 0.1) is 17.7 Å². The smallest absolute Gasteiger partial charge is 0.243 e. The van der Waals surface area contributed by atoms with Gasteiger partial charge in [0, 0.05) is 55.0 Å². The fourth-order valence-electron chi connectivity index (χ4n) is 4.80. The van der Waals surface area contributed by atoms with Gasteiger partial charge in [0.15, 0.2) is 0 Å². The second kappa shape index (κ2) is 11.5. The molecule has 0 radical (unpaired) electrons. The zero-order valence-electron chi connectivity index (χ0n) is 22.0. The van der Waals surface area contributed by atoms with Crippen LogP contribution in [0.4, 0.5) is 11.4 Å². The highest BCUT2D eigenvalue weighted by atomic mass is 32.2. The van der Waals surface area contributed by atoms with E-state index in [0.717, 1.165) is 53.9 Å². The SMILES string of the molecule is COc1cc(N2CCNCC2)ccc1NC(=O)C(Cc1c[nH]c2ccccc12)NS(=O)(=O)c1ccc(C)cc1. The number of rotatable bonds is 9. The number of sulfonamides is 1. The maximum atomic E-state index is 13.7. The molecule has 0 bridgehead atoms. The van der Waals surface area contributed by atoms with Gasteiger partial charge in [-0.1, -0.05) is 35.9 Å². The summed E-state index contributed by atoms with van der Waals surface area (Å²) in [6.45, 7) is 5.44. The van der Waals surface area contributed by atoms with E-state index in [1.165, 1.54) is 12.1 Å². The standard InChI is InChI=1S/C29H33N5O4S/c1-20-7-10-23(11-8-20)39(36,37)33-27(17-21-19-31-25-6-4-3-5-24(21)25)29(35)32-26-12-9-22(18-28(26)38-2)34-15-13-30-14-16-34/h3-12,18-19,27,30-31,33H,13-17H2,1-2H3,(H,32,35). The number of carbonyl (C=O) groups is 1. The highest BCUT2D eigenvalue weighted by Gasteiger charge is 2.28. The predicted octanol–water partition coefficient (Wildman–Crippen LogP) is 3.42. The largest absolute Gasteiger partial charge is 0.494 e. The number of nitrogens with one attached hydrogen (secondary N) is 4. The van der Waals surface area contributed by atoms with E-state index < -0.39 is 22.0 Å². The number of aromatic nitrogens is 1. The first-order chi connectivity index (χ1) is 18.8. The molecule has 2 heterocycles. The number of amides is 1. The molecular weight excluding hydrogens is 514 g/mol. The lowest BCUT2D eigenvalue weighted by Crippen LogP contribution is -2.45. The summed E-state index contributed by atoms with van der Waals surface area (Å²) in [5, 5.41) is 7.17. The van der Waals surface area contributed by atoms with Crippen molar-refractivity contribution in [2.45, 2.75) is 24.3 Å². The molecule has 39 heavy (non-hydrogen) atoms. The zero-order valence-corrected chi connectivity index (χ0v) is 22.8. The third-order valence-corrected chi connectivity index (χ3v) is 8.46. The molecule has 1 aliphatic heterocycles. The summed E-state index contributed by atoms with van der Waals surface area (Å²) in [7, 11) is -2.42. The van der Waals surface area contributed by atoms with Crippen LogP contribution in [0.25, 0.3) is 10.9 Å². The van der Waals surface area contributed by atoms with Crippen molar-refractivity contribution in [3.63, 3.8) is 0 Å². The number of methoxy groups -OCH3 is 1. The molecule has 1 atom stereocenters. The molecule has 5 rings (SSSR count). The Morgan fingerprint density at radius 1 is 1.05 bits per heavy atom. The number of hydrogen-bond acceptors (Lipinski definition) is 6. The van der Waals surface area contributed by atoms with Crippen LogP contribution in [0.15, 0.2) is 77.8 Å². The predicted molar refractivity (Wildman–Crippen MR) is 154 cm³/mol. The average molecular weight is 548 g/mol. The number of ether oxygens (including phenoxy) is 1. The van der Waals surface area contributed by atoms with Gasteiger partial charge in [0.1, 0.15) is 11.8 Å². The number of hydrogen-bond donors (Lipinski definition) is 4. The lowest BCUT2D eigenvalue weighted by atomic mass is 10.0. The van der Waals surface area contributed by atoms with Gasteiger partial charge >= 0.3 is 0 Å². The van der Waals surface area contributed by atoms with E-state index in [1.54, 1.807) is 25.3 Å². The van der Waals surface area contributed by atoms with E-state index in [9.17, 15) is 13.2 Å². The van der Waals surface area contributed by atoms with Crippen LogP contribution in [0, 0.1) is 6.92 Å². The number of nitrogens with zero attached hydrogens (tertiary/aromatic N) is 1. The number of para-hydroxylation sites is 1. The van der Waals surface area contributed by atoms with Crippen LogP contribution in [0.2, 0.25) is 0 Å². The second-order valence-electron chi connectivity index (χ2n) is 9.66. The maximum Gasteiger partial charge on any atom is 0.243 e. The Morgan fingerprint density at radius 3 is 2.54 bits per heavy atom. The molecule has 4 N–H and O–H groups in total. The molecule has 1 unspecified atom stereocenters. The van der Waals surface area contributed by atoms with Crippen molar-refractivity contribution in [2.24, 2.45) is 0 Å². The van der Waals surface area contributed by atoms with Crippen LogP contribution < -0.4 is 25.0 Å². The van der Waals surface area contributed by atoms with Crippen LogP contribution in [-0.2, 0) is 21.2 Å². The number of aromatic amines is 1. The van der Waals surface area contributed by atoms with Gasteiger partial charge in [-0.25, -0.2) is 8.42 Å². The van der Waals surface area contributed by atoms with Crippen molar-refractivity contribution in [3.8, 4) is 5.75 Å². The minimum atomic E-state index is -3.97. The van der Waals surface area contributed by atoms with Gasteiger partial charge in [-0.3, -0.25) is 4.79 Å². The van der Waals surface area contributed by atoms with E-state index in [4.69, 9.17) is 4.74 Å². The van der Waals surface area contributed by atoms with Gasteiger partial charge < -0.3 is 25.3 Å². The highest BCUT2D eigenvalue weighted by molar-refractivity contribution is 7.89. The lowest BCUT2D eigenvalue weighted by Gasteiger charge is -2.30. The van der Waals surface area contributed by atoms with Crippen molar-refractivity contribution in [3.05, 3.63) is 84.1 Å². The molecule has 3 aromatic carbocycles. The molecule has 4 aromatic rings. The number of aryl methyl sites for hydroxylation is 1. The normalized spacial score (nSPS) is 14.8. The van der Waals surface area contributed by atoms with Crippen molar-refractivity contribution in [1.29, 1.82) is 0 Å². The second-order valence-corrected chi connectivity index (χ2v) is 11.4. The Bertz CT molecular complexity index is 1560. The Hall–Kier alpha value is -3.86. The van der Waals surface area contributed by atoms with Gasteiger partial charge in [-0.2, -0.15) is 4.72 Å². The van der Waals surface area contributed by atoms with Crippen molar-refractivity contribution < 1.29 is 17.9 Å². The van der Waals surface area contributed by atoms with Crippen LogP contribution in [0.3, 0.4) is 0 Å². The molecule has 1 aromatic heterocycles. The fourth-order valence-corrected chi connectivity index (χ4v) is 6.00. The van der Waals surface area contributed by atoms with E-state index in [2.05, 4.69) is 25.2 Å². The minimum Gasteiger partial charge on any atom is -0.494 e. The molecule has 9 nitrogen and oxygen atoms in total. The average Bonchev–Trinajstić information content (AvgIpc) is 3.36. The zero-order chi connectivity index (χ0) is 27.4. The van der Waals surface area contributed by atoms with Crippen LogP contribution in [0.5, 0.6) is 5.75 Å². The Morgan fingerprint density at radius 2 is 1.79 bits per heavy atom. The molecule has 0 saturated carbocycles. The Balaban J connectivity index is 1.43. The molecule has 1 fully saturated rings. The monoisotopic (exact) mass is 547 g/mol. The number of carbonyl (C=O) groups excluding carboxylic acids is 1. The van der Waals surface area contributed by atoms with E-state index in [0.29, 0.717) is 11.4 Å². The number of anilines is 2. The van der Waals surface area contributed by atoms with Crippen LogP contribution >= 0.6 is 0 Å². The first-order valence-electron chi connectivity index (χ1n) is 12.9. The van der Waals surface area contributed by atoms with Gasteiger partial charge in [-0.05, 0) is 49.2 Å². The molecule has 0 aliphatic carbocycles. The van der Waals surface area contributed by atoms with E-state index in [-0.39, 0.29) is 11.3 Å². The van der Waals surface area contributed by atoms with Crippen molar-refractivity contribution in [1.82, 2.24) is 15.0 Å². The number of benzene rings is 3. The molecule has 1 aliphatic rings. The lowest BCUT2D eigenvalue weighted by molar-refractivity contribution is -0.117. The molecular formula is C29H33N5O4S. The summed E-state index contributed by atoms with van der Waals surface area (Å²) in [6.07, 6.45) is 1.97. The highest BCUT2D eigenvalue weighted by Crippen LogP contribution is 2.30. The summed E-state index contributed by atoms with van der Waals surface area (Å²) in [6, 6.07) is 18.8. The summed E-state index contributed by atoms with van der Waals surface area (Å²) < 4.78 is 34.9. The summed E-state index contributed by atoms with van der Waals surface area (Å²) >= 11 is 0. The van der Waals surface area contributed by atoms with Crippen LogP contribution in [0.1, 0.15) is 11.1 Å². The molecule has 1 amide bonds. The summed E-state index contributed by atoms with van der Waals surface area (Å²) in [5.41, 5.74) is 4.16. The Labute approximate surface area is 228 Å². The third kappa shape index (κ3) is 6.08. The first kappa shape index (κ1) is 26.7. The molecule has 0 spiro atoms. The van der Waals surface area contributed by atoms with Gasteiger partial charge in [0.2, 0.25) is 15.9 Å². The van der Waals surface area contributed by atoms with E-state index >= 15 is 0 Å². The Kier molecular flexibility index (Phi) is 7.87. The minimum absolute atomic E-state index is 0.0998. The number of H-pyrrole nitrogens is 1. The topological polar surface area (TPSA) is 116 Å². The van der Waals surface area contributed by atoms with E-state index in [1.807, 2.05) is 49.5 Å². The van der Waals surface area contributed by atoms with Gasteiger partial charge in [0.25, 0.3) is 0 Å². The summed E-state index contributed by atoms with van der Waals surface area (Å²) in [4.78, 5) is 19.2. The quantitative estimate of drug-likeness (QED) is 0.255. The number of piperazine rings is 1. The number of fused-ring (bicyclic) bond motifs is 1. The maximum absolute atomic E-state index is 13.7. The first-order valence-corrected chi connectivity index (χ1v) is 14.4. The molecule has 204 valence electrons. The third-order valence-electron chi connectivity index (χ3n) is 6.97. The summed E-state index contributed by atoms with van der Waals surface area (Å²) in [5.74, 6) is 0.0239. The van der Waals surface area contributed by atoms with Crippen LogP contribution in [-0.4, -0.2) is 58.6 Å². The van der Waals surface area contributed by atoms with Crippen molar-refractivity contribution >= 4 is 38.2 Å². The van der Waals surface area contributed by atoms with Gasteiger partial charge in [-0.15, -0.1) is 0 Å². The molecule has 10 heteroatoms. The molecule has 1 saturated heterocycles. The fraction of sp³-hybridized carbons (Fsp3) is 0.276. The van der Waals surface area contributed by atoms with Crippen molar-refractivity contribution in [2.75, 3.05) is 43.5 Å².